The lowest BCUT2D eigenvalue weighted by atomic mass is 9.69. The fraction of sp³-hybridized carbons (Fsp3) is 0.636. The van der Waals surface area contributed by atoms with Gasteiger partial charge in [0.25, 0.3) is 0 Å². The molecule has 2 aromatic carbocycles. The predicted octanol–water partition coefficient (Wildman–Crippen LogP) is 11.8. The van der Waals surface area contributed by atoms with E-state index >= 15 is 0 Å². The number of benzene rings is 2. The Morgan fingerprint density at radius 2 is 1.00 bits per heavy atom. The van der Waals surface area contributed by atoms with Crippen LogP contribution in [0, 0.1) is 28.6 Å². The lowest BCUT2D eigenvalue weighted by Gasteiger charge is -2.35. The number of hydrogen-bond acceptors (Lipinski definition) is 8. The smallest absolute Gasteiger partial charge is 0.323 e. The van der Waals surface area contributed by atoms with Crippen LogP contribution in [0.1, 0.15) is 84.3 Å². The predicted molar refractivity (Wildman–Crippen MR) is 232 cm³/mol. The van der Waals surface area contributed by atoms with Gasteiger partial charge in [-0.2, -0.15) is 0 Å². The first-order valence-electron chi connectivity index (χ1n) is 20.2. The molecule has 314 valence electrons. The number of carbonyl (C=O) groups is 4. The van der Waals surface area contributed by atoms with Gasteiger partial charge in [0, 0.05) is 26.2 Å². The lowest BCUT2D eigenvalue weighted by Crippen LogP contribution is -2.47. The van der Waals surface area contributed by atoms with Crippen molar-refractivity contribution in [3.63, 3.8) is 0 Å². The molecule has 0 saturated heterocycles. The summed E-state index contributed by atoms with van der Waals surface area (Å²) in [5, 5.41) is 1.23. The monoisotopic (exact) mass is 850 g/mol. The Kier molecular flexibility index (Phi) is 19.9. The molecule has 1 aliphatic rings. The second-order valence-corrected chi connectivity index (χ2v) is 30.7. The van der Waals surface area contributed by atoms with Gasteiger partial charge in [-0.05, 0) is 91.4 Å². The van der Waals surface area contributed by atoms with Crippen LogP contribution in [0.3, 0.4) is 0 Å². The third-order valence-electron chi connectivity index (χ3n) is 10.5. The minimum atomic E-state index is -1.33. The largest absolute Gasteiger partial charge is 0.465 e. The molecule has 2 aromatic rings. The quantitative estimate of drug-likeness (QED) is 0.0632. The Bertz CT molecular complexity index is 1450. The topological polar surface area (TPSA) is 105 Å². The molecule has 0 atom stereocenters. The molecule has 0 aliphatic heterocycles. The minimum absolute atomic E-state index is 0.0861. The van der Waals surface area contributed by atoms with E-state index in [1.165, 1.54) is 0 Å². The highest BCUT2D eigenvalue weighted by Gasteiger charge is 2.52. The zero-order valence-corrected chi connectivity index (χ0v) is 39.4. The van der Waals surface area contributed by atoms with Crippen molar-refractivity contribution in [3.8, 4) is 0 Å². The summed E-state index contributed by atoms with van der Waals surface area (Å²) in [6, 6.07) is 16.0. The molecule has 56 heavy (non-hydrogen) atoms. The van der Waals surface area contributed by atoms with Crippen molar-refractivity contribution in [1.82, 2.24) is 0 Å². The van der Waals surface area contributed by atoms with Crippen molar-refractivity contribution >= 4 is 63.2 Å². The maximum absolute atomic E-state index is 13.1. The number of rotatable bonds is 18. The van der Waals surface area contributed by atoms with E-state index in [2.05, 4.69) is 39.3 Å². The van der Waals surface area contributed by atoms with Crippen molar-refractivity contribution in [1.29, 1.82) is 0 Å². The molecule has 12 heteroatoms. The number of carbonyl (C=O) groups excluding carboxylic acids is 4. The second-order valence-electron chi connectivity index (χ2n) is 18.6. The van der Waals surface area contributed by atoms with Crippen molar-refractivity contribution in [3.05, 3.63) is 69.7 Å². The van der Waals surface area contributed by atoms with E-state index in [0.717, 1.165) is 55.3 Å². The fourth-order valence-corrected chi connectivity index (χ4v) is 8.29. The summed E-state index contributed by atoms with van der Waals surface area (Å²) in [6.45, 7) is 24.0. The van der Waals surface area contributed by atoms with E-state index in [-0.39, 0.29) is 31.0 Å². The van der Waals surface area contributed by atoms with Crippen LogP contribution in [0.15, 0.2) is 48.5 Å². The van der Waals surface area contributed by atoms with Crippen LogP contribution in [0.5, 0.6) is 0 Å². The Morgan fingerprint density at radius 1 is 0.625 bits per heavy atom. The molecule has 0 aromatic heterocycles. The molecule has 3 rings (SSSR count). The van der Waals surface area contributed by atoms with Gasteiger partial charge < -0.3 is 18.9 Å². The van der Waals surface area contributed by atoms with Crippen LogP contribution >= 0.6 is 23.2 Å². The third-order valence-corrected chi connectivity index (χ3v) is 14.4. The Balaban J connectivity index is 0.000000392. The van der Waals surface area contributed by atoms with Crippen LogP contribution < -0.4 is 0 Å². The summed E-state index contributed by atoms with van der Waals surface area (Å²) in [5.41, 5.74) is -0.909. The zero-order valence-electron chi connectivity index (χ0n) is 35.9. The van der Waals surface area contributed by atoms with Crippen molar-refractivity contribution in [2.24, 2.45) is 28.6 Å². The molecule has 1 fully saturated rings. The lowest BCUT2D eigenvalue weighted by molar-refractivity contribution is -0.179. The number of esters is 4. The van der Waals surface area contributed by atoms with Crippen LogP contribution in [-0.4, -0.2) is 53.2 Å². The first-order chi connectivity index (χ1) is 26.0. The standard InChI is InChI=1S/C24H26Cl2O4.C20H42O4Si2/c1-24(19-5-3-2-4-6-19,22(27)29-15-17-7-11-20(25)12-8-17)23(28)30-16-18-9-13-21(26)14-10-18;1-16(2)15-20(17(3)4,18(21)23-11-13-25(5,6)7)19(22)24-12-14-26(8,9)10/h7-14,19H,2-6,15-16H2,1H3;16-17H,11-15H2,1-10H3. The molecule has 0 N–H and O–H groups in total. The molecule has 1 aliphatic carbocycles. The van der Waals surface area contributed by atoms with Crippen LogP contribution in [0.4, 0.5) is 0 Å². The molecule has 0 heterocycles. The minimum Gasteiger partial charge on any atom is -0.465 e. The highest BCUT2D eigenvalue weighted by molar-refractivity contribution is 6.76. The fourth-order valence-electron chi connectivity index (χ4n) is 6.61. The maximum atomic E-state index is 13.1. The van der Waals surface area contributed by atoms with Crippen molar-refractivity contribution in [2.75, 3.05) is 13.2 Å². The highest BCUT2D eigenvalue weighted by Crippen LogP contribution is 2.41. The van der Waals surface area contributed by atoms with Crippen molar-refractivity contribution in [2.45, 2.75) is 138 Å². The molecular weight excluding hydrogens is 784 g/mol. The van der Waals surface area contributed by atoms with E-state index in [4.69, 9.17) is 42.1 Å². The second kappa shape index (κ2) is 22.5. The Labute approximate surface area is 349 Å². The van der Waals surface area contributed by atoms with E-state index < -0.39 is 50.9 Å². The summed E-state index contributed by atoms with van der Waals surface area (Å²) in [7, 11) is -2.60. The van der Waals surface area contributed by atoms with E-state index in [1.807, 2.05) is 27.7 Å². The van der Waals surface area contributed by atoms with E-state index in [1.54, 1.807) is 55.5 Å². The van der Waals surface area contributed by atoms with Crippen LogP contribution in [-0.2, 0) is 51.3 Å². The summed E-state index contributed by atoms with van der Waals surface area (Å²) in [5.74, 6) is -1.94. The van der Waals surface area contributed by atoms with Gasteiger partial charge in [-0.25, -0.2) is 0 Å². The third kappa shape index (κ3) is 15.9. The number of halogens is 2. The van der Waals surface area contributed by atoms with Crippen LogP contribution in [0.2, 0.25) is 61.4 Å². The van der Waals surface area contributed by atoms with Gasteiger partial charge in [0.2, 0.25) is 0 Å². The van der Waals surface area contributed by atoms with Crippen molar-refractivity contribution < 1.29 is 38.1 Å². The molecule has 0 unspecified atom stereocenters. The summed E-state index contributed by atoms with van der Waals surface area (Å²) >= 11 is 11.8. The van der Waals surface area contributed by atoms with E-state index in [0.29, 0.717) is 29.7 Å². The number of ether oxygens (including phenoxy) is 4. The molecule has 1 saturated carbocycles. The first kappa shape index (κ1) is 49.5. The highest BCUT2D eigenvalue weighted by atomic mass is 35.5. The van der Waals surface area contributed by atoms with Gasteiger partial charge in [-0.15, -0.1) is 0 Å². The summed E-state index contributed by atoms with van der Waals surface area (Å²) in [6.07, 6.45) is 5.18. The normalized spacial score (nSPS) is 14.1. The molecule has 0 radical (unpaired) electrons. The maximum Gasteiger partial charge on any atom is 0.323 e. The van der Waals surface area contributed by atoms with Gasteiger partial charge in [-0.3, -0.25) is 19.2 Å². The summed E-state index contributed by atoms with van der Waals surface area (Å²) in [4.78, 5) is 52.3. The van der Waals surface area contributed by atoms with Gasteiger partial charge in [0.15, 0.2) is 10.8 Å². The zero-order chi connectivity index (χ0) is 42.3. The van der Waals surface area contributed by atoms with Gasteiger partial charge in [0.05, 0.1) is 13.2 Å². The average Bonchev–Trinajstić information content (AvgIpc) is 3.12. The van der Waals surface area contributed by atoms with E-state index in [9.17, 15) is 19.2 Å². The van der Waals surface area contributed by atoms with Gasteiger partial charge >= 0.3 is 23.9 Å². The Hall–Kier alpha value is -2.67. The first-order valence-corrected chi connectivity index (χ1v) is 28.4. The van der Waals surface area contributed by atoms with Gasteiger partial charge in [0.1, 0.15) is 13.2 Å². The molecular formula is C44H68Cl2O8Si2. The molecule has 0 amide bonds. The number of hydrogen-bond donors (Lipinski definition) is 0. The average molecular weight is 852 g/mol. The van der Waals surface area contributed by atoms with Crippen LogP contribution in [0.25, 0.3) is 0 Å². The molecule has 8 nitrogen and oxygen atoms in total. The summed E-state index contributed by atoms with van der Waals surface area (Å²) < 4.78 is 22.4. The Morgan fingerprint density at radius 3 is 1.32 bits per heavy atom. The molecule has 0 bridgehead atoms. The van der Waals surface area contributed by atoms with Gasteiger partial charge in [-0.1, -0.05) is 134 Å². The molecule has 0 spiro atoms. The SMILES string of the molecule is CC(C(=O)OCc1ccc(Cl)cc1)(C(=O)OCc1ccc(Cl)cc1)C1CCCCC1.CC(C)CC(C(=O)OCC[Si](C)(C)C)(C(=O)OCC[Si](C)(C)C)C(C)C.